The van der Waals surface area contributed by atoms with Gasteiger partial charge in [0.2, 0.25) is 5.82 Å². The van der Waals surface area contributed by atoms with Crippen molar-refractivity contribution < 1.29 is 28.9 Å². The number of nitrogens with one attached hydrogen (secondary N) is 1. The van der Waals surface area contributed by atoms with Gasteiger partial charge in [-0.25, -0.2) is 4.79 Å². The number of nitrogens with zero attached hydrogens (tertiary/aromatic N) is 1. The summed E-state index contributed by atoms with van der Waals surface area (Å²) in [6.07, 6.45) is -5.17. The van der Waals surface area contributed by atoms with Crippen molar-refractivity contribution in [3.05, 3.63) is 32.9 Å². The van der Waals surface area contributed by atoms with Gasteiger partial charge in [0.1, 0.15) is 31.0 Å². The molecule has 2 rings (SSSR count). The van der Waals surface area contributed by atoms with E-state index in [0.717, 1.165) is 0 Å². The van der Waals surface area contributed by atoms with Crippen LogP contribution in [0.15, 0.2) is 15.8 Å². The van der Waals surface area contributed by atoms with E-state index in [1.165, 1.54) is 0 Å². The Morgan fingerprint density at radius 3 is 2.68 bits per heavy atom. The van der Waals surface area contributed by atoms with E-state index in [4.69, 9.17) is 15.2 Å². The van der Waals surface area contributed by atoms with Crippen molar-refractivity contribution in [1.29, 1.82) is 0 Å². The summed E-state index contributed by atoms with van der Waals surface area (Å²) in [6.45, 7) is 3.03. The van der Waals surface area contributed by atoms with Crippen LogP contribution in [0.25, 0.3) is 0 Å². The number of nitrogens with two attached hydrogens (primary N) is 1. The standard InChI is InChI=1S/C14H20FN3O7/c1-5(2)8(16)13(22)24-4-7-9(19)10(20)12(25-7)18-3-6(15)11(21)17-14(18)23/h3,5,7-10,12,19-20H,4,16H2,1-2H3,(H,17,21,23). The monoisotopic (exact) mass is 361 g/mol. The minimum Gasteiger partial charge on any atom is -0.462 e. The second-order valence-corrected chi connectivity index (χ2v) is 6.09. The average Bonchev–Trinajstić information content (AvgIpc) is 2.83. The molecule has 140 valence electrons. The molecule has 5 unspecified atom stereocenters. The van der Waals surface area contributed by atoms with Gasteiger partial charge in [-0.2, -0.15) is 4.39 Å². The number of halogens is 1. The van der Waals surface area contributed by atoms with E-state index < -0.39 is 60.2 Å². The van der Waals surface area contributed by atoms with Crippen LogP contribution in [0.1, 0.15) is 20.1 Å². The second-order valence-electron chi connectivity index (χ2n) is 6.09. The number of hydrogen-bond acceptors (Lipinski definition) is 8. The summed E-state index contributed by atoms with van der Waals surface area (Å²) >= 11 is 0. The lowest BCUT2D eigenvalue weighted by atomic mass is 10.1. The van der Waals surface area contributed by atoms with Crippen LogP contribution in [0, 0.1) is 11.7 Å². The molecular weight excluding hydrogens is 341 g/mol. The van der Waals surface area contributed by atoms with Crippen molar-refractivity contribution in [1.82, 2.24) is 9.55 Å². The molecule has 0 radical (unpaired) electrons. The summed E-state index contributed by atoms with van der Waals surface area (Å²) < 4.78 is 24.2. The van der Waals surface area contributed by atoms with E-state index in [1.54, 1.807) is 18.8 Å². The van der Waals surface area contributed by atoms with Crippen LogP contribution < -0.4 is 17.0 Å². The molecule has 0 aromatic carbocycles. The highest BCUT2D eigenvalue weighted by atomic mass is 19.1. The van der Waals surface area contributed by atoms with Crippen LogP contribution in [0.2, 0.25) is 0 Å². The molecule has 0 saturated carbocycles. The van der Waals surface area contributed by atoms with Gasteiger partial charge < -0.3 is 25.4 Å². The highest BCUT2D eigenvalue weighted by Crippen LogP contribution is 2.28. The van der Waals surface area contributed by atoms with Crippen LogP contribution >= 0.6 is 0 Å². The zero-order valence-electron chi connectivity index (χ0n) is 13.6. The molecule has 1 aliphatic heterocycles. The zero-order chi connectivity index (χ0) is 18.9. The maximum absolute atomic E-state index is 13.4. The third-order valence-corrected chi connectivity index (χ3v) is 3.92. The summed E-state index contributed by atoms with van der Waals surface area (Å²) in [7, 11) is 0. The first kappa shape index (κ1) is 19.2. The molecule has 0 amide bonds. The second kappa shape index (κ2) is 7.44. The van der Waals surface area contributed by atoms with Gasteiger partial charge in [-0.15, -0.1) is 0 Å². The summed E-state index contributed by atoms with van der Waals surface area (Å²) in [5, 5.41) is 20.0. The quantitative estimate of drug-likeness (QED) is 0.431. The molecule has 1 fully saturated rings. The Hall–Kier alpha value is -2.08. The Morgan fingerprint density at radius 1 is 1.44 bits per heavy atom. The zero-order valence-corrected chi connectivity index (χ0v) is 13.6. The predicted octanol–water partition coefficient (Wildman–Crippen LogP) is -2.18. The average molecular weight is 361 g/mol. The summed E-state index contributed by atoms with van der Waals surface area (Å²) in [5.41, 5.74) is 3.38. The molecule has 5 N–H and O–H groups in total. The van der Waals surface area contributed by atoms with E-state index in [1.807, 2.05) is 0 Å². The topological polar surface area (TPSA) is 157 Å². The van der Waals surface area contributed by atoms with Gasteiger partial charge in [-0.3, -0.25) is 19.1 Å². The molecule has 0 aliphatic carbocycles. The van der Waals surface area contributed by atoms with Gasteiger partial charge in [0.15, 0.2) is 6.23 Å². The molecule has 1 aromatic heterocycles. The summed E-state index contributed by atoms with van der Waals surface area (Å²) in [6, 6.07) is -0.866. The first-order chi connectivity index (χ1) is 11.6. The molecule has 11 heteroatoms. The number of esters is 1. The number of rotatable bonds is 5. The lowest BCUT2D eigenvalue weighted by Gasteiger charge is -2.18. The van der Waals surface area contributed by atoms with Crippen molar-refractivity contribution in [3.63, 3.8) is 0 Å². The van der Waals surface area contributed by atoms with Gasteiger partial charge in [-0.05, 0) is 5.92 Å². The molecule has 0 bridgehead atoms. The van der Waals surface area contributed by atoms with Gasteiger partial charge in [0.25, 0.3) is 5.56 Å². The Morgan fingerprint density at radius 2 is 2.08 bits per heavy atom. The summed E-state index contributed by atoms with van der Waals surface area (Å²) in [5.74, 6) is -2.14. The van der Waals surface area contributed by atoms with Crippen molar-refractivity contribution in [3.8, 4) is 0 Å². The maximum atomic E-state index is 13.4. The van der Waals surface area contributed by atoms with E-state index in [0.29, 0.717) is 10.8 Å². The molecule has 5 atom stereocenters. The number of ether oxygens (including phenoxy) is 2. The Labute approximate surface area is 141 Å². The van der Waals surface area contributed by atoms with E-state index in [2.05, 4.69) is 0 Å². The van der Waals surface area contributed by atoms with Gasteiger partial charge >= 0.3 is 11.7 Å². The normalized spacial score (nSPS) is 27.5. The molecule has 10 nitrogen and oxygen atoms in total. The van der Waals surface area contributed by atoms with Gasteiger partial charge in [-0.1, -0.05) is 13.8 Å². The number of hydrogen-bond donors (Lipinski definition) is 4. The number of aromatic amines is 1. The van der Waals surface area contributed by atoms with Crippen LogP contribution in [-0.2, 0) is 14.3 Å². The Balaban J connectivity index is 2.11. The molecule has 1 aromatic rings. The SMILES string of the molecule is CC(C)C(N)C(=O)OCC1OC(n2cc(F)c(=O)[nH]c2=O)C(O)C1O. The molecule has 0 spiro atoms. The van der Waals surface area contributed by atoms with Crippen molar-refractivity contribution >= 4 is 5.97 Å². The largest absolute Gasteiger partial charge is 0.462 e. The maximum Gasteiger partial charge on any atom is 0.330 e. The molecule has 2 heterocycles. The fraction of sp³-hybridized carbons (Fsp3) is 0.643. The molecule has 1 saturated heterocycles. The number of carbonyl (C=O) groups excluding carboxylic acids is 1. The van der Waals surface area contributed by atoms with Crippen LogP contribution in [0.3, 0.4) is 0 Å². The van der Waals surface area contributed by atoms with E-state index in [9.17, 15) is 29.0 Å². The number of H-pyrrole nitrogens is 1. The first-order valence-electron chi connectivity index (χ1n) is 7.58. The lowest BCUT2D eigenvalue weighted by Crippen LogP contribution is -2.40. The van der Waals surface area contributed by atoms with Crippen LogP contribution in [0.5, 0.6) is 0 Å². The third kappa shape index (κ3) is 3.95. The lowest BCUT2D eigenvalue weighted by molar-refractivity contribution is -0.152. The molecule has 25 heavy (non-hydrogen) atoms. The van der Waals surface area contributed by atoms with Gasteiger partial charge in [0, 0.05) is 0 Å². The van der Waals surface area contributed by atoms with Crippen LogP contribution in [0.4, 0.5) is 4.39 Å². The smallest absolute Gasteiger partial charge is 0.330 e. The fourth-order valence-electron chi connectivity index (χ4n) is 2.28. The van der Waals surface area contributed by atoms with Crippen molar-refractivity contribution in [2.24, 2.45) is 11.7 Å². The predicted molar refractivity (Wildman–Crippen MR) is 81.0 cm³/mol. The van der Waals surface area contributed by atoms with Crippen LogP contribution in [-0.4, -0.2) is 56.7 Å². The highest BCUT2D eigenvalue weighted by molar-refractivity contribution is 5.75. The summed E-state index contributed by atoms with van der Waals surface area (Å²) in [4.78, 5) is 36.2. The van der Waals surface area contributed by atoms with E-state index in [-0.39, 0.29) is 5.92 Å². The number of aliphatic hydroxyl groups is 2. The van der Waals surface area contributed by atoms with Crippen molar-refractivity contribution in [2.75, 3.05) is 6.61 Å². The minimum absolute atomic E-state index is 0.164. The first-order valence-corrected chi connectivity index (χ1v) is 7.58. The third-order valence-electron chi connectivity index (χ3n) is 3.92. The molecule has 1 aliphatic rings. The number of aromatic nitrogens is 2. The van der Waals surface area contributed by atoms with Crippen molar-refractivity contribution in [2.45, 2.75) is 44.4 Å². The number of aliphatic hydroxyl groups excluding tert-OH is 2. The highest BCUT2D eigenvalue weighted by Gasteiger charge is 2.45. The number of carbonyl (C=O) groups is 1. The molecular formula is C14H20FN3O7. The minimum atomic E-state index is -1.61. The Bertz CT molecular complexity index is 747. The fourth-order valence-corrected chi connectivity index (χ4v) is 2.28. The Kier molecular flexibility index (Phi) is 5.72. The van der Waals surface area contributed by atoms with Gasteiger partial charge in [0.05, 0.1) is 6.20 Å². The van der Waals surface area contributed by atoms with E-state index >= 15 is 0 Å².